The maximum atomic E-state index is 13.5. The van der Waals surface area contributed by atoms with Crippen molar-refractivity contribution in [3.63, 3.8) is 0 Å². The maximum absolute atomic E-state index is 13.5. The molecular formula is C23H25FN6O2. The minimum Gasteiger partial charge on any atom is -0.352 e. The van der Waals surface area contributed by atoms with E-state index < -0.39 is 0 Å². The van der Waals surface area contributed by atoms with Crippen LogP contribution in [0, 0.1) is 5.82 Å². The maximum Gasteiger partial charge on any atom is 0.274 e. The van der Waals surface area contributed by atoms with Gasteiger partial charge in [-0.1, -0.05) is 17.3 Å². The third kappa shape index (κ3) is 5.17. The molecule has 0 bridgehead atoms. The molecule has 2 aromatic carbocycles. The van der Waals surface area contributed by atoms with E-state index in [0.717, 1.165) is 18.4 Å². The van der Waals surface area contributed by atoms with Crippen LogP contribution in [0.3, 0.4) is 0 Å². The Bertz CT molecular complexity index is 1110. The van der Waals surface area contributed by atoms with E-state index in [1.165, 1.54) is 12.1 Å². The lowest BCUT2D eigenvalue weighted by Crippen LogP contribution is -2.28. The third-order valence-electron chi connectivity index (χ3n) is 5.11. The number of nitrogens with zero attached hydrogens (tertiary/aromatic N) is 3. The van der Waals surface area contributed by atoms with Crippen molar-refractivity contribution >= 4 is 11.8 Å². The number of carbonyl (C=O) groups is 2. The highest BCUT2D eigenvalue weighted by atomic mass is 19.1. The highest BCUT2D eigenvalue weighted by Crippen LogP contribution is 2.20. The topological polar surface area (TPSA) is 101 Å². The van der Waals surface area contributed by atoms with E-state index in [1.807, 2.05) is 13.0 Å². The van der Waals surface area contributed by atoms with Crippen LogP contribution in [0.5, 0.6) is 0 Å². The second-order valence-electron chi connectivity index (χ2n) is 7.68. The van der Waals surface area contributed by atoms with Gasteiger partial charge in [0.05, 0.1) is 11.4 Å². The molecule has 0 aliphatic heterocycles. The van der Waals surface area contributed by atoms with Crippen LogP contribution in [-0.2, 0) is 13.1 Å². The fourth-order valence-corrected chi connectivity index (χ4v) is 3.31. The highest BCUT2D eigenvalue weighted by Gasteiger charge is 2.27. The zero-order valence-corrected chi connectivity index (χ0v) is 17.8. The van der Waals surface area contributed by atoms with Crippen LogP contribution in [0.1, 0.15) is 51.9 Å². The summed E-state index contributed by atoms with van der Waals surface area (Å²) in [5, 5.41) is 17.3. The summed E-state index contributed by atoms with van der Waals surface area (Å²) < 4.78 is 15.0. The predicted octanol–water partition coefficient (Wildman–Crippen LogP) is 2.34. The number of nitrogens with one attached hydrogen (secondary N) is 3. The van der Waals surface area contributed by atoms with E-state index in [0.29, 0.717) is 36.6 Å². The van der Waals surface area contributed by atoms with Crippen molar-refractivity contribution in [1.82, 2.24) is 30.9 Å². The Hall–Kier alpha value is -3.59. The van der Waals surface area contributed by atoms with E-state index in [2.05, 4.69) is 26.3 Å². The zero-order chi connectivity index (χ0) is 22.5. The Balaban J connectivity index is 1.56. The van der Waals surface area contributed by atoms with Gasteiger partial charge < -0.3 is 16.0 Å². The molecule has 0 unspecified atom stereocenters. The fraction of sp³-hybridized carbons (Fsp3) is 0.304. The summed E-state index contributed by atoms with van der Waals surface area (Å²) in [6, 6.07) is 13.5. The summed E-state index contributed by atoms with van der Waals surface area (Å²) in [6.07, 6.45) is 1.93. The van der Waals surface area contributed by atoms with Crippen molar-refractivity contribution in [3.8, 4) is 5.69 Å². The molecule has 0 spiro atoms. The molecule has 1 fully saturated rings. The molecule has 1 aliphatic carbocycles. The predicted molar refractivity (Wildman–Crippen MR) is 117 cm³/mol. The van der Waals surface area contributed by atoms with Crippen molar-refractivity contribution in [1.29, 1.82) is 0 Å². The summed E-state index contributed by atoms with van der Waals surface area (Å²) in [4.78, 5) is 24.7. The number of hydrogen-bond acceptors (Lipinski definition) is 5. The zero-order valence-electron chi connectivity index (χ0n) is 17.8. The molecule has 1 aromatic heterocycles. The summed E-state index contributed by atoms with van der Waals surface area (Å²) in [5.41, 5.74) is 2.84. The molecule has 9 heteroatoms. The number of benzene rings is 2. The molecular weight excluding hydrogens is 411 g/mol. The first-order chi connectivity index (χ1) is 15.5. The lowest BCUT2D eigenvalue weighted by molar-refractivity contribution is 0.0940. The second-order valence-corrected chi connectivity index (χ2v) is 7.68. The first-order valence-electron chi connectivity index (χ1n) is 10.6. The summed E-state index contributed by atoms with van der Waals surface area (Å²) in [7, 11) is 0. The van der Waals surface area contributed by atoms with E-state index in [9.17, 15) is 14.0 Å². The van der Waals surface area contributed by atoms with Gasteiger partial charge in [-0.25, -0.2) is 9.07 Å². The average molecular weight is 436 g/mol. The Labute approximate surface area is 185 Å². The third-order valence-corrected chi connectivity index (χ3v) is 5.11. The molecule has 166 valence electrons. The smallest absolute Gasteiger partial charge is 0.274 e. The van der Waals surface area contributed by atoms with Crippen LogP contribution in [0.2, 0.25) is 0 Å². The van der Waals surface area contributed by atoms with Gasteiger partial charge in [-0.15, -0.1) is 5.10 Å². The van der Waals surface area contributed by atoms with Gasteiger partial charge in [0, 0.05) is 31.2 Å². The van der Waals surface area contributed by atoms with E-state index in [-0.39, 0.29) is 29.4 Å². The molecule has 0 atom stereocenters. The van der Waals surface area contributed by atoms with Crippen LogP contribution in [-0.4, -0.2) is 39.4 Å². The first-order valence-corrected chi connectivity index (χ1v) is 10.6. The number of halogens is 1. The van der Waals surface area contributed by atoms with Gasteiger partial charge in [-0.05, 0) is 61.7 Å². The number of aromatic nitrogens is 3. The van der Waals surface area contributed by atoms with Gasteiger partial charge in [0.25, 0.3) is 11.8 Å². The number of carbonyl (C=O) groups excluding carboxylic acids is 2. The fourth-order valence-electron chi connectivity index (χ4n) is 3.31. The Morgan fingerprint density at radius 1 is 1.09 bits per heavy atom. The van der Waals surface area contributed by atoms with E-state index >= 15 is 0 Å². The van der Waals surface area contributed by atoms with Crippen molar-refractivity contribution in [2.45, 2.75) is 38.9 Å². The Kier molecular flexibility index (Phi) is 6.55. The minimum atomic E-state index is -0.298. The molecule has 0 saturated heterocycles. The van der Waals surface area contributed by atoms with Gasteiger partial charge >= 0.3 is 0 Å². The molecule has 1 saturated carbocycles. The van der Waals surface area contributed by atoms with Crippen molar-refractivity contribution in [2.75, 3.05) is 6.54 Å². The Morgan fingerprint density at radius 3 is 2.56 bits per heavy atom. The monoisotopic (exact) mass is 436 g/mol. The number of hydrogen-bond donors (Lipinski definition) is 3. The van der Waals surface area contributed by atoms with Crippen LogP contribution in [0.25, 0.3) is 5.69 Å². The average Bonchev–Trinajstić information content (AvgIpc) is 3.50. The van der Waals surface area contributed by atoms with Gasteiger partial charge in [0.2, 0.25) is 0 Å². The number of amides is 2. The summed E-state index contributed by atoms with van der Waals surface area (Å²) in [6.45, 7) is 3.13. The summed E-state index contributed by atoms with van der Waals surface area (Å²) >= 11 is 0. The molecule has 32 heavy (non-hydrogen) atoms. The first kappa shape index (κ1) is 21.6. The number of rotatable bonds is 9. The van der Waals surface area contributed by atoms with Gasteiger partial charge in [-0.3, -0.25) is 9.59 Å². The largest absolute Gasteiger partial charge is 0.352 e. The highest BCUT2D eigenvalue weighted by molar-refractivity contribution is 5.94. The van der Waals surface area contributed by atoms with Gasteiger partial charge in [0.1, 0.15) is 5.82 Å². The van der Waals surface area contributed by atoms with Crippen LogP contribution < -0.4 is 16.0 Å². The van der Waals surface area contributed by atoms with Crippen molar-refractivity contribution in [3.05, 3.63) is 76.9 Å². The molecule has 8 nitrogen and oxygen atoms in total. The molecule has 1 heterocycles. The van der Waals surface area contributed by atoms with E-state index in [4.69, 9.17) is 0 Å². The normalized spacial score (nSPS) is 13.1. The minimum absolute atomic E-state index is 0.154. The Morgan fingerprint density at radius 2 is 1.88 bits per heavy atom. The second kappa shape index (κ2) is 9.69. The van der Waals surface area contributed by atoms with Crippen LogP contribution in [0.4, 0.5) is 4.39 Å². The van der Waals surface area contributed by atoms with Crippen molar-refractivity contribution in [2.24, 2.45) is 0 Å². The van der Waals surface area contributed by atoms with Crippen LogP contribution >= 0.6 is 0 Å². The SMILES string of the molecule is CCNC(=O)c1ccc(-n2nnc(C(=O)NC3CC3)c2CNCc2cccc(F)c2)cc1. The molecule has 2 amide bonds. The lowest BCUT2D eigenvalue weighted by Gasteiger charge is -2.11. The van der Waals surface area contributed by atoms with E-state index in [1.54, 1.807) is 35.0 Å². The van der Waals surface area contributed by atoms with Crippen LogP contribution in [0.15, 0.2) is 48.5 Å². The molecule has 0 radical (unpaired) electrons. The van der Waals surface area contributed by atoms with Crippen molar-refractivity contribution < 1.29 is 14.0 Å². The van der Waals surface area contributed by atoms with Gasteiger partial charge in [0.15, 0.2) is 5.69 Å². The van der Waals surface area contributed by atoms with Gasteiger partial charge in [-0.2, -0.15) is 0 Å². The summed E-state index contributed by atoms with van der Waals surface area (Å²) in [5.74, 6) is -0.716. The molecule has 4 rings (SSSR count). The standard InChI is InChI=1S/C23H25FN6O2/c1-2-26-22(31)16-6-10-19(11-7-16)30-20(14-25-13-15-4-3-5-17(24)12-15)21(28-29-30)23(32)27-18-8-9-18/h3-7,10-12,18,25H,2,8-9,13-14H2,1H3,(H,26,31)(H,27,32). The lowest BCUT2D eigenvalue weighted by atomic mass is 10.2. The molecule has 3 aromatic rings. The molecule has 1 aliphatic rings. The quantitative estimate of drug-likeness (QED) is 0.478. The molecule has 3 N–H and O–H groups in total.